The van der Waals surface area contributed by atoms with Crippen LogP contribution < -0.4 is 0 Å². The van der Waals surface area contributed by atoms with E-state index in [9.17, 15) is 0 Å². The van der Waals surface area contributed by atoms with Crippen LogP contribution >= 0.6 is 0 Å². The molecule has 0 heterocycles. The Hall–Kier alpha value is -0.130. The monoisotopic (exact) mass is 108 g/mol. The molecule has 0 amide bonds. The summed E-state index contributed by atoms with van der Waals surface area (Å²) >= 11 is 0. The lowest BCUT2D eigenvalue weighted by Crippen LogP contribution is -2.18. The van der Waals surface area contributed by atoms with Crippen molar-refractivity contribution < 1.29 is 0 Å². The first-order chi connectivity index (χ1) is 3.95. The molecule has 0 nitrogen and oxygen atoms in total. The average Bonchev–Trinajstić information content (AvgIpc) is 1.92. The highest BCUT2D eigenvalue weighted by Crippen LogP contribution is 2.43. The van der Waals surface area contributed by atoms with Crippen LogP contribution in [-0.4, -0.2) is 0 Å². The van der Waals surface area contributed by atoms with Gasteiger partial charge in [0.1, 0.15) is 0 Å². The van der Waals surface area contributed by atoms with Crippen molar-refractivity contribution >= 4 is 0 Å². The largest absolute Gasteiger partial charge is 0.0905 e. The zero-order valence-electron chi connectivity index (χ0n) is 5.24. The maximum Gasteiger partial charge on any atom is 0.0905 e. The highest BCUT2D eigenvalue weighted by Gasteiger charge is 2.35. The van der Waals surface area contributed by atoms with Crippen molar-refractivity contribution in [3.05, 3.63) is 11.8 Å². The fourth-order valence-electron chi connectivity index (χ4n) is 1.81. The normalized spacial score (nSPS) is 29.2. The SMILES string of the molecule is C1C[C+]2CC[C]1CC2. The molecule has 0 saturated heterocycles. The summed E-state index contributed by atoms with van der Waals surface area (Å²) in [5.74, 6) is 3.69. The predicted octanol–water partition coefficient (Wildman–Crippen LogP) is 2.50. The van der Waals surface area contributed by atoms with E-state index >= 15 is 0 Å². The fraction of sp³-hybridized carbons (Fsp3) is 0.750. The zero-order chi connectivity index (χ0) is 5.40. The minimum Gasteiger partial charge on any atom is -0.0115 e. The molecule has 0 unspecified atom stereocenters. The van der Waals surface area contributed by atoms with E-state index in [1.165, 1.54) is 38.5 Å². The summed E-state index contributed by atoms with van der Waals surface area (Å²) in [6.45, 7) is 0. The number of hydrogen-bond acceptors (Lipinski definition) is 0. The third kappa shape index (κ3) is 0.630. The minimum atomic E-state index is 1.44. The molecule has 43 valence electrons. The van der Waals surface area contributed by atoms with Gasteiger partial charge in [-0.2, -0.15) is 0 Å². The van der Waals surface area contributed by atoms with E-state index in [0.29, 0.717) is 0 Å². The zero-order valence-corrected chi connectivity index (χ0v) is 5.24. The Bertz CT molecular complexity index is 55.0. The maximum absolute atomic E-state index is 1.85. The maximum atomic E-state index is 1.85. The van der Waals surface area contributed by atoms with Gasteiger partial charge < -0.3 is 0 Å². The molecule has 0 heteroatoms. The molecule has 0 aromatic rings. The van der Waals surface area contributed by atoms with E-state index in [4.69, 9.17) is 0 Å². The van der Waals surface area contributed by atoms with Crippen LogP contribution in [0.25, 0.3) is 0 Å². The van der Waals surface area contributed by atoms with Crippen molar-refractivity contribution in [2.45, 2.75) is 38.5 Å². The van der Waals surface area contributed by atoms with Gasteiger partial charge in [-0.25, -0.2) is 0 Å². The predicted molar refractivity (Wildman–Crippen MR) is 34.2 cm³/mol. The van der Waals surface area contributed by atoms with Gasteiger partial charge in [-0.3, -0.25) is 0 Å². The van der Waals surface area contributed by atoms with Crippen LogP contribution in [0.4, 0.5) is 0 Å². The van der Waals surface area contributed by atoms with Crippen molar-refractivity contribution in [2.75, 3.05) is 0 Å². The van der Waals surface area contributed by atoms with Gasteiger partial charge in [0.05, 0.1) is 25.2 Å². The third-order valence-corrected chi connectivity index (χ3v) is 2.50. The standard InChI is InChI=1S/C8H12/c1-2-8-5-3-7(1)4-6-8/h1-6H2/q+1. The van der Waals surface area contributed by atoms with Crippen LogP contribution in [0.3, 0.4) is 0 Å². The molecule has 3 rings (SSSR count). The van der Waals surface area contributed by atoms with Crippen molar-refractivity contribution in [1.82, 2.24) is 0 Å². The molecule has 0 N–H and O–H groups in total. The van der Waals surface area contributed by atoms with Crippen LogP contribution in [0, 0.1) is 11.8 Å². The second-order valence-electron chi connectivity index (χ2n) is 3.00. The van der Waals surface area contributed by atoms with Gasteiger partial charge in [0.15, 0.2) is 0 Å². The Kier molecular flexibility index (Phi) is 0.991. The van der Waals surface area contributed by atoms with Crippen molar-refractivity contribution in [1.29, 1.82) is 0 Å². The summed E-state index contributed by atoms with van der Waals surface area (Å²) in [5, 5.41) is 0. The van der Waals surface area contributed by atoms with Crippen LogP contribution in [0.5, 0.6) is 0 Å². The van der Waals surface area contributed by atoms with Gasteiger partial charge in [0.25, 0.3) is 0 Å². The van der Waals surface area contributed by atoms with E-state index in [2.05, 4.69) is 0 Å². The molecule has 0 atom stereocenters. The number of hydrogen-bond donors (Lipinski definition) is 0. The van der Waals surface area contributed by atoms with Crippen LogP contribution in [-0.2, 0) is 0 Å². The second kappa shape index (κ2) is 1.68. The summed E-state index contributed by atoms with van der Waals surface area (Å²) in [7, 11) is 0. The van der Waals surface area contributed by atoms with E-state index in [0.717, 1.165) is 0 Å². The first-order valence-electron chi connectivity index (χ1n) is 3.62. The first-order valence-corrected chi connectivity index (χ1v) is 3.62. The highest BCUT2D eigenvalue weighted by atomic mass is 14.3. The Labute approximate surface area is 51.3 Å². The molecule has 3 aliphatic rings. The highest BCUT2D eigenvalue weighted by molar-refractivity contribution is 5.11. The Morgan fingerprint density at radius 1 is 0.875 bits per heavy atom. The van der Waals surface area contributed by atoms with Crippen LogP contribution in [0.2, 0.25) is 0 Å². The topological polar surface area (TPSA) is 0 Å². The summed E-state index contributed by atoms with van der Waals surface area (Å²) in [6.07, 6.45) is 8.64. The Balaban J connectivity index is 2.03. The molecule has 0 aliphatic heterocycles. The lowest BCUT2D eigenvalue weighted by Gasteiger charge is -2.26. The van der Waals surface area contributed by atoms with Crippen molar-refractivity contribution in [3.63, 3.8) is 0 Å². The fourth-order valence-corrected chi connectivity index (χ4v) is 1.81. The van der Waals surface area contributed by atoms with Crippen LogP contribution in [0.1, 0.15) is 38.5 Å². The summed E-state index contributed by atoms with van der Waals surface area (Å²) in [4.78, 5) is 0. The Morgan fingerprint density at radius 3 is 1.50 bits per heavy atom. The Morgan fingerprint density at radius 2 is 1.38 bits per heavy atom. The van der Waals surface area contributed by atoms with E-state index in [-0.39, 0.29) is 0 Å². The van der Waals surface area contributed by atoms with Gasteiger partial charge in [-0.05, 0) is 25.2 Å². The van der Waals surface area contributed by atoms with Gasteiger partial charge in [-0.1, -0.05) is 0 Å². The van der Waals surface area contributed by atoms with E-state index in [1.807, 2.05) is 11.8 Å². The summed E-state index contributed by atoms with van der Waals surface area (Å²) in [6, 6.07) is 0. The second-order valence-corrected chi connectivity index (χ2v) is 3.00. The van der Waals surface area contributed by atoms with Gasteiger partial charge in [0, 0.05) is 0 Å². The van der Waals surface area contributed by atoms with Crippen molar-refractivity contribution in [3.8, 4) is 0 Å². The quantitative estimate of drug-likeness (QED) is 0.418. The van der Waals surface area contributed by atoms with Crippen molar-refractivity contribution in [2.24, 2.45) is 0 Å². The molecule has 8 heavy (non-hydrogen) atoms. The molecule has 0 aromatic carbocycles. The molecule has 0 aromatic heterocycles. The number of rotatable bonds is 0. The summed E-state index contributed by atoms with van der Waals surface area (Å²) in [5.41, 5.74) is 0. The van der Waals surface area contributed by atoms with E-state index in [1.54, 1.807) is 0 Å². The third-order valence-electron chi connectivity index (χ3n) is 2.50. The van der Waals surface area contributed by atoms with E-state index < -0.39 is 0 Å². The molecule has 1 radical (unpaired) electrons. The molecule has 3 aliphatic carbocycles. The summed E-state index contributed by atoms with van der Waals surface area (Å²) < 4.78 is 0. The number of fused-ring (bicyclic) bond motifs is 3. The lowest BCUT2D eigenvalue weighted by atomic mass is 9.71. The molecular formula is C8H12+. The molecular weight excluding hydrogens is 96.1 g/mol. The van der Waals surface area contributed by atoms with Gasteiger partial charge in [-0.15, -0.1) is 0 Å². The molecule has 3 saturated carbocycles. The van der Waals surface area contributed by atoms with Crippen LogP contribution in [0.15, 0.2) is 0 Å². The minimum absolute atomic E-state index is 1.44. The van der Waals surface area contributed by atoms with Gasteiger partial charge >= 0.3 is 0 Å². The smallest absolute Gasteiger partial charge is 0.0115 e. The molecule has 0 spiro atoms. The average molecular weight is 108 g/mol. The molecule has 2 bridgehead atoms. The first kappa shape index (κ1) is 4.72. The lowest BCUT2D eigenvalue weighted by molar-refractivity contribution is 0.436. The molecule has 3 fully saturated rings. The van der Waals surface area contributed by atoms with Gasteiger partial charge in [0.2, 0.25) is 0 Å².